The molecule has 2 aliphatic rings. The third kappa shape index (κ3) is 3.82. The van der Waals surface area contributed by atoms with E-state index in [2.05, 4.69) is 0 Å². The fourth-order valence-electron chi connectivity index (χ4n) is 3.41. The third-order valence-electron chi connectivity index (χ3n) is 4.76. The fourth-order valence-corrected chi connectivity index (χ4v) is 5.21. The van der Waals surface area contributed by atoms with Crippen LogP contribution in [0.5, 0.6) is 0 Å². The number of hydrogen-bond donors (Lipinski definition) is 0. The van der Waals surface area contributed by atoms with Gasteiger partial charge in [0.25, 0.3) is 5.91 Å². The van der Waals surface area contributed by atoms with Crippen molar-refractivity contribution in [2.75, 3.05) is 25.4 Å². The summed E-state index contributed by atoms with van der Waals surface area (Å²) in [5.41, 5.74) is -0.581. The maximum absolute atomic E-state index is 12.6. The minimum atomic E-state index is -4.43. The first-order chi connectivity index (χ1) is 11.7. The number of halogens is 3. The van der Waals surface area contributed by atoms with Crippen LogP contribution in [-0.4, -0.2) is 55.0 Å². The summed E-state index contributed by atoms with van der Waals surface area (Å²) in [5.74, 6) is -0.144. The number of piperidine rings is 1. The van der Waals surface area contributed by atoms with E-state index in [9.17, 15) is 26.4 Å². The van der Waals surface area contributed by atoms with Gasteiger partial charge < -0.3 is 4.90 Å². The van der Waals surface area contributed by atoms with E-state index in [-0.39, 0.29) is 23.3 Å². The molecule has 0 unspecified atom stereocenters. The molecule has 1 aromatic carbocycles. The van der Waals surface area contributed by atoms with Crippen LogP contribution in [0.2, 0.25) is 0 Å². The normalized spacial score (nSPS) is 22.3. The molecular formula is C16H19F3N2O3S. The van der Waals surface area contributed by atoms with E-state index in [1.54, 1.807) is 4.90 Å². The molecule has 138 valence electrons. The molecule has 0 atom stereocenters. The number of amides is 1. The number of carbonyl (C=O) groups excluding carboxylic acids is 1. The first-order valence-corrected chi connectivity index (χ1v) is 9.75. The lowest BCUT2D eigenvalue weighted by Gasteiger charge is -2.35. The van der Waals surface area contributed by atoms with Gasteiger partial charge in [0.1, 0.15) is 0 Å². The second kappa shape index (κ2) is 6.60. The van der Waals surface area contributed by atoms with Crippen molar-refractivity contribution in [3.8, 4) is 0 Å². The van der Waals surface area contributed by atoms with E-state index in [0.717, 1.165) is 12.1 Å². The van der Waals surface area contributed by atoms with Crippen molar-refractivity contribution in [1.82, 2.24) is 9.21 Å². The van der Waals surface area contributed by atoms with Crippen molar-refractivity contribution in [3.63, 3.8) is 0 Å². The molecule has 2 saturated heterocycles. The average Bonchev–Trinajstić information content (AvgIpc) is 2.93. The van der Waals surface area contributed by atoms with Crippen molar-refractivity contribution >= 4 is 15.9 Å². The maximum Gasteiger partial charge on any atom is 0.416 e. The molecule has 25 heavy (non-hydrogen) atoms. The summed E-state index contributed by atoms with van der Waals surface area (Å²) in [6.07, 6.45) is -2.70. The number of sulfonamides is 1. The van der Waals surface area contributed by atoms with Gasteiger partial charge >= 0.3 is 6.18 Å². The van der Waals surface area contributed by atoms with Gasteiger partial charge in [-0.3, -0.25) is 4.79 Å². The molecule has 2 fully saturated rings. The molecule has 0 aromatic heterocycles. The zero-order valence-corrected chi connectivity index (χ0v) is 14.3. The Bertz CT molecular complexity index is 739. The number of benzene rings is 1. The molecule has 9 heteroatoms. The van der Waals surface area contributed by atoms with E-state index in [4.69, 9.17) is 0 Å². The summed E-state index contributed by atoms with van der Waals surface area (Å²) in [6, 6.07) is 4.07. The predicted octanol–water partition coefficient (Wildman–Crippen LogP) is 2.35. The van der Waals surface area contributed by atoms with E-state index in [1.165, 1.54) is 16.4 Å². The average molecular weight is 376 g/mol. The number of likely N-dealkylation sites (tertiary alicyclic amines) is 1. The highest BCUT2D eigenvalue weighted by atomic mass is 32.2. The van der Waals surface area contributed by atoms with Crippen LogP contribution in [0.15, 0.2) is 24.3 Å². The number of rotatable bonds is 2. The van der Waals surface area contributed by atoms with Gasteiger partial charge in [0.15, 0.2) is 0 Å². The Morgan fingerprint density at radius 3 is 2.12 bits per heavy atom. The van der Waals surface area contributed by atoms with Gasteiger partial charge in [-0.1, -0.05) is 0 Å². The molecule has 3 rings (SSSR count). The van der Waals surface area contributed by atoms with Crippen LogP contribution < -0.4 is 0 Å². The van der Waals surface area contributed by atoms with Crippen molar-refractivity contribution < 1.29 is 26.4 Å². The topological polar surface area (TPSA) is 57.7 Å². The number of hydrogen-bond acceptors (Lipinski definition) is 3. The lowest BCUT2D eigenvalue weighted by molar-refractivity contribution is -0.137. The Labute approximate surface area is 144 Å². The van der Waals surface area contributed by atoms with Gasteiger partial charge in [0.2, 0.25) is 10.0 Å². The summed E-state index contributed by atoms with van der Waals surface area (Å²) in [4.78, 5) is 14.0. The number of carbonyl (C=O) groups is 1. The summed E-state index contributed by atoms with van der Waals surface area (Å²) in [7, 11) is -3.17. The molecule has 0 N–H and O–H groups in total. The minimum absolute atomic E-state index is 0.0934. The Morgan fingerprint density at radius 1 is 1.04 bits per heavy atom. The maximum atomic E-state index is 12.6. The van der Waals surface area contributed by atoms with E-state index < -0.39 is 21.8 Å². The summed E-state index contributed by atoms with van der Waals surface area (Å²) < 4.78 is 63.2. The highest BCUT2D eigenvalue weighted by Gasteiger charge is 2.37. The Kier molecular flexibility index (Phi) is 4.80. The Balaban J connectivity index is 1.62. The molecule has 0 bridgehead atoms. The largest absolute Gasteiger partial charge is 0.416 e. The van der Waals surface area contributed by atoms with Crippen LogP contribution in [0, 0.1) is 0 Å². The van der Waals surface area contributed by atoms with Crippen LogP contribution in [0.4, 0.5) is 13.2 Å². The first kappa shape index (κ1) is 18.2. The standard InChI is InChI=1S/C16H19F3N2O3S/c17-16(18,19)13-4-2-12(3-5-13)15(22)20-9-6-14(7-10-20)21-8-1-11-25(21,23)24/h2-5,14H,1,6-11H2. The van der Waals surface area contributed by atoms with Gasteiger partial charge in [-0.05, 0) is 43.5 Å². The molecular weight excluding hydrogens is 357 g/mol. The monoisotopic (exact) mass is 376 g/mol. The summed E-state index contributed by atoms with van der Waals surface area (Å²) >= 11 is 0. The molecule has 0 saturated carbocycles. The molecule has 0 spiro atoms. The second-order valence-electron chi connectivity index (χ2n) is 6.38. The summed E-state index contributed by atoms with van der Waals surface area (Å²) in [5, 5.41) is 0. The summed E-state index contributed by atoms with van der Waals surface area (Å²) in [6.45, 7) is 1.33. The van der Waals surface area contributed by atoms with Gasteiger partial charge in [0, 0.05) is 31.2 Å². The third-order valence-corrected chi connectivity index (χ3v) is 6.76. The molecule has 1 aromatic rings. The van der Waals surface area contributed by atoms with Crippen molar-refractivity contribution in [3.05, 3.63) is 35.4 Å². The van der Waals surface area contributed by atoms with E-state index in [0.29, 0.717) is 38.9 Å². The van der Waals surface area contributed by atoms with Gasteiger partial charge in [-0.25, -0.2) is 8.42 Å². The van der Waals surface area contributed by atoms with Crippen LogP contribution in [0.3, 0.4) is 0 Å². The van der Waals surface area contributed by atoms with Gasteiger partial charge in [-0.15, -0.1) is 0 Å². The van der Waals surface area contributed by atoms with E-state index >= 15 is 0 Å². The van der Waals surface area contributed by atoms with Crippen LogP contribution in [-0.2, 0) is 16.2 Å². The molecule has 1 amide bonds. The molecule has 0 aliphatic carbocycles. The van der Waals surface area contributed by atoms with Crippen molar-refractivity contribution in [2.45, 2.75) is 31.5 Å². The number of nitrogens with zero attached hydrogens (tertiary/aromatic N) is 2. The van der Waals surface area contributed by atoms with Crippen LogP contribution in [0.1, 0.15) is 35.2 Å². The zero-order chi connectivity index (χ0) is 18.2. The SMILES string of the molecule is O=C(c1ccc(C(F)(F)F)cc1)N1CCC(N2CCCS2(=O)=O)CC1. The van der Waals surface area contributed by atoms with Crippen molar-refractivity contribution in [1.29, 1.82) is 0 Å². The van der Waals surface area contributed by atoms with E-state index in [1.807, 2.05) is 0 Å². The van der Waals surface area contributed by atoms with Gasteiger partial charge in [0.05, 0.1) is 11.3 Å². The second-order valence-corrected chi connectivity index (χ2v) is 8.42. The minimum Gasteiger partial charge on any atom is -0.339 e. The Hall–Kier alpha value is -1.61. The first-order valence-electron chi connectivity index (χ1n) is 8.14. The molecule has 2 heterocycles. The fraction of sp³-hybridized carbons (Fsp3) is 0.562. The smallest absolute Gasteiger partial charge is 0.339 e. The predicted molar refractivity (Wildman–Crippen MR) is 85.5 cm³/mol. The lowest BCUT2D eigenvalue weighted by atomic mass is 10.0. The molecule has 0 radical (unpaired) electrons. The number of alkyl halides is 3. The van der Waals surface area contributed by atoms with Gasteiger partial charge in [-0.2, -0.15) is 17.5 Å². The lowest BCUT2D eigenvalue weighted by Crippen LogP contribution is -2.47. The zero-order valence-electron chi connectivity index (χ0n) is 13.5. The molecule has 2 aliphatic heterocycles. The Morgan fingerprint density at radius 2 is 1.64 bits per heavy atom. The van der Waals surface area contributed by atoms with Crippen molar-refractivity contribution in [2.24, 2.45) is 0 Å². The molecule has 5 nitrogen and oxygen atoms in total. The quantitative estimate of drug-likeness (QED) is 0.796. The highest BCUT2D eigenvalue weighted by Crippen LogP contribution is 2.30. The van der Waals surface area contributed by atoms with Crippen LogP contribution >= 0.6 is 0 Å². The highest BCUT2D eigenvalue weighted by molar-refractivity contribution is 7.89. The van der Waals surface area contributed by atoms with Crippen LogP contribution in [0.25, 0.3) is 0 Å².